The molecule has 1 heterocycles. The number of aliphatic hydroxyl groups excluding tert-OH is 1. The van der Waals surface area contributed by atoms with Gasteiger partial charge in [0.1, 0.15) is 0 Å². The minimum Gasteiger partial charge on any atom is -0.481 e. The van der Waals surface area contributed by atoms with Gasteiger partial charge in [0.15, 0.2) is 9.84 Å². The van der Waals surface area contributed by atoms with Gasteiger partial charge in [0.25, 0.3) is 0 Å². The second kappa shape index (κ2) is 5.63. The molecule has 0 radical (unpaired) electrons. The molecule has 1 rings (SSSR count). The molecular formula is C10H18O5S. The molecule has 1 fully saturated rings. The molecule has 2 atom stereocenters. The van der Waals surface area contributed by atoms with Crippen LogP contribution < -0.4 is 0 Å². The molecule has 0 aromatic carbocycles. The van der Waals surface area contributed by atoms with E-state index in [9.17, 15) is 13.2 Å². The second-order valence-electron chi connectivity index (χ2n) is 4.33. The van der Waals surface area contributed by atoms with Crippen molar-refractivity contribution < 1.29 is 23.4 Å². The average molecular weight is 250 g/mol. The second-order valence-corrected chi connectivity index (χ2v) is 6.56. The summed E-state index contributed by atoms with van der Waals surface area (Å²) in [4.78, 5) is 11.0. The standard InChI is InChI=1S/C10H18O5S/c11-5-2-1-3-9(10(12)13)8-4-6-16(14,15)7-8/h8-9,11H,1-7H2,(H,12,13). The van der Waals surface area contributed by atoms with Crippen molar-refractivity contribution in [3.63, 3.8) is 0 Å². The number of carbonyl (C=O) groups is 1. The molecule has 0 amide bonds. The minimum absolute atomic E-state index is 0.00307. The van der Waals surface area contributed by atoms with Crippen molar-refractivity contribution in [2.24, 2.45) is 11.8 Å². The minimum atomic E-state index is -3.02. The van der Waals surface area contributed by atoms with Crippen LogP contribution >= 0.6 is 0 Å². The van der Waals surface area contributed by atoms with Crippen LogP contribution in [0.1, 0.15) is 25.7 Å². The van der Waals surface area contributed by atoms with Crippen molar-refractivity contribution in [1.82, 2.24) is 0 Å². The summed E-state index contributed by atoms with van der Waals surface area (Å²) in [6.07, 6.45) is 2.11. The van der Waals surface area contributed by atoms with Gasteiger partial charge in [-0.2, -0.15) is 0 Å². The number of carboxylic acids is 1. The Balaban J connectivity index is 2.54. The van der Waals surface area contributed by atoms with E-state index in [4.69, 9.17) is 10.2 Å². The van der Waals surface area contributed by atoms with Crippen molar-refractivity contribution >= 4 is 15.8 Å². The van der Waals surface area contributed by atoms with Gasteiger partial charge in [-0.05, 0) is 25.2 Å². The highest BCUT2D eigenvalue weighted by Crippen LogP contribution is 2.29. The monoisotopic (exact) mass is 250 g/mol. The van der Waals surface area contributed by atoms with Gasteiger partial charge in [0.2, 0.25) is 0 Å². The van der Waals surface area contributed by atoms with Gasteiger partial charge in [0.05, 0.1) is 17.4 Å². The Kier molecular flexibility index (Phi) is 4.73. The van der Waals surface area contributed by atoms with E-state index in [0.717, 1.165) is 0 Å². The molecule has 0 aromatic rings. The van der Waals surface area contributed by atoms with Crippen molar-refractivity contribution in [3.8, 4) is 0 Å². The van der Waals surface area contributed by atoms with Gasteiger partial charge >= 0.3 is 5.97 Å². The molecule has 0 bridgehead atoms. The molecule has 1 aliphatic heterocycles. The first kappa shape index (κ1) is 13.4. The molecule has 0 aromatic heterocycles. The first-order chi connectivity index (χ1) is 7.46. The van der Waals surface area contributed by atoms with Crippen LogP contribution in [0, 0.1) is 11.8 Å². The van der Waals surface area contributed by atoms with Crippen LogP contribution in [0.2, 0.25) is 0 Å². The van der Waals surface area contributed by atoms with Gasteiger partial charge in [-0.25, -0.2) is 8.42 Å². The first-order valence-electron chi connectivity index (χ1n) is 5.50. The average Bonchev–Trinajstić information content (AvgIpc) is 2.53. The molecule has 0 spiro atoms. The number of carboxylic acid groups (broad SMARTS) is 1. The summed E-state index contributed by atoms with van der Waals surface area (Å²) in [7, 11) is -3.02. The van der Waals surface area contributed by atoms with Crippen LogP contribution in [0.5, 0.6) is 0 Å². The van der Waals surface area contributed by atoms with Crippen LogP contribution in [0.15, 0.2) is 0 Å². The molecule has 1 saturated heterocycles. The number of hydrogen-bond donors (Lipinski definition) is 2. The van der Waals surface area contributed by atoms with Crippen LogP contribution in [0.4, 0.5) is 0 Å². The van der Waals surface area contributed by atoms with Gasteiger partial charge in [0, 0.05) is 6.61 Å². The van der Waals surface area contributed by atoms with Gasteiger partial charge in [-0.15, -0.1) is 0 Å². The highest BCUT2D eigenvalue weighted by Gasteiger charge is 2.36. The summed E-state index contributed by atoms with van der Waals surface area (Å²) < 4.78 is 22.5. The molecule has 2 unspecified atom stereocenters. The predicted molar refractivity (Wildman–Crippen MR) is 58.8 cm³/mol. The third kappa shape index (κ3) is 3.75. The summed E-state index contributed by atoms with van der Waals surface area (Å²) in [5.74, 6) is -1.63. The van der Waals surface area contributed by atoms with E-state index in [1.54, 1.807) is 0 Å². The van der Waals surface area contributed by atoms with E-state index in [1.807, 2.05) is 0 Å². The number of aliphatic hydroxyl groups is 1. The Morgan fingerprint density at radius 3 is 2.50 bits per heavy atom. The Labute approximate surface area is 95.4 Å². The third-order valence-corrected chi connectivity index (χ3v) is 4.87. The van der Waals surface area contributed by atoms with E-state index in [2.05, 4.69) is 0 Å². The molecule has 16 heavy (non-hydrogen) atoms. The number of aliphatic carboxylic acids is 1. The fourth-order valence-corrected chi connectivity index (χ4v) is 4.06. The van der Waals surface area contributed by atoms with Crippen LogP contribution in [0.25, 0.3) is 0 Å². The lowest BCUT2D eigenvalue weighted by Crippen LogP contribution is -2.24. The zero-order valence-electron chi connectivity index (χ0n) is 9.13. The molecule has 2 N–H and O–H groups in total. The Hall–Kier alpha value is -0.620. The van der Waals surface area contributed by atoms with E-state index in [1.165, 1.54) is 0 Å². The lowest BCUT2D eigenvalue weighted by atomic mass is 9.87. The van der Waals surface area contributed by atoms with Crippen molar-refractivity contribution in [1.29, 1.82) is 0 Å². The van der Waals surface area contributed by atoms with Crippen molar-refractivity contribution in [2.45, 2.75) is 25.7 Å². The topological polar surface area (TPSA) is 91.7 Å². The fraction of sp³-hybridized carbons (Fsp3) is 0.900. The van der Waals surface area contributed by atoms with Crippen molar-refractivity contribution in [2.75, 3.05) is 18.1 Å². The van der Waals surface area contributed by atoms with Gasteiger partial charge in [-0.1, -0.05) is 6.42 Å². The maximum Gasteiger partial charge on any atom is 0.306 e. The van der Waals surface area contributed by atoms with Gasteiger partial charge in [-0.3, -0.25) is 4.79 Å². The van der Waals surface area contributed by atoms with Crippen LogP contribution in [-0.4, -0.2) is 42.7 Å². The normalized spacial score (nSPS) is 25.4. The predicted octanol–water partition coefficient (Wildman–Crippen LogP) is 0.284. The molecular weight excluding hydrogens is 232 g/mol. The summed E-state index contributed by atoms with van der Waals surface area (Å²) in [5, 5.41) is 17.7. The molecule has 94 valence electrons. The van der Waals surface area contributed by atoms with E-state index in [-0.39, 0.29) is 24.0 Å². The Bertz CT molecular complexity index is 335. The maximum atomic E-state index is 11.3. The SMILES string of the molecule is O=C(O)C(CCCCO)C1CCS(=O)(=O)C1. The summed E-state index contributed by atoms with van der Waals surface area (Å²) in [6, 6.07) is 0. The third-order valence-electron chi connectivity index (χ3n) is 3.08. The lowest BCUT2D eigenvalue weighted by Gasteiger charge is -2.17. The smallest absolute Gasteiger partial charge is 0.306 e. The molecule has 1 aliphatic rings. The van der Waals surface area contributed by atoms with E-state index >= 15 is 0 Å². The maximum absolute atomic E-state index is 11.3. The Morgan fingerprint density at radius 2 is 2.06 bits per heavy atom. The Morgan fingerprint density at radius 1 is 1.38 bits per heavy atom. The highest BCUT2D eigenvalue weighted by atomic mass is 32.2. The number of unbranched alkanes of at least 4 members (excludes halogenated alkanes) is 1. The molecule has 0 aliphatic carbocycles. The first-order valence-corrected chi connectivity index (χ1v) is 7.32. The van der Waals surface area contributed by atoms with E-state index in [0.29, 0.717) is 25.7 Å². The molecule has 5 nitrogen and oxygen atoms in total. The summed E-state index contributed by atoms with van der Waals surface area (Å²) >= 11 is 0. The van der Waals surface area contributed by atoms with Crippen LogP contribution in [-0.2, 0) is 14.6 Å². The largest absolute Gasteiger partial charge is 0.481 e. The quantitative estimate of drug-likeness (QED) is 0.661. The number of hydrogen-bond acceptors (Lipinski definition) is 4. The van der Waals surface area contributed by atoms with Crippen molar-refractivity contribution in [3.05, 3.63) is 0 Å². The lowest BCUT2D eigenvalue weighted by molar-refractivity contribution is -0.143. The zero-order valence-corrected chi connectivity index (χ0v) is 9.95. The number of rotatable bonds is 6. The number of sulfone groups is 1. The van der Waals surface area contributed by atoms with Crippen LogP contribution in [0.3, 0.4) is 0 Å². The molecule has 0 saturated carbocycles. The highest BCUT2D eigenvalue weighted by molar-refractivity contribution is 7.91. The summed E-state index contributed by atoms with van der Waals surface area (Å²) in [5.41, 5.74) is 0. The molecule has 6 heteroatoms. The fourth-order valence-electron chi connectivity index (χ4n) is 2.18. The summed E-state index contributed by atoms with van der Waals surface area (Å²) in [6.45, 7) is 0.0509. The van der Waals surface area contributed by atoms with Gasteiger partial charge < -0.3 is 10.2 Å². The van der Waals surface area contributed by atoms with E-state index < -0.39 is 21.7 Å². The zero-order chi connectivity index (χ0) is 12.2.